The van der Waals surface area contributed by atoms with E-state index in [0.29, 0.717) is 13.0 Å². The average Bonchev–Trinajstić information content (AvgIpc) is 2.59. The first kappa shape index (κ1) is 13.3. The maximum Gasteiger partial charge on any atom is 0.339 e. The van der Waals surface area contributed by atoms with Crippen molar-refractivity contribution in [3.05, 3.63) is 35.9 Å². The van der Waals surface area contributed by atoms with Crippen LogP contribution in [0, 0.1) is 5.92 Å². The summed E-state index contributed by atoms with van der Waals surface area (Å²) in [5.41, 5.74) is 0.101. The molecule has 0 bridgehead atoms. The second-order valence-electron chi connectivity index (χ2n) is 6.43. The quantitative estimate of drug-likeness (QED) is 0.612. The van der Waals surface area contributed by atoms with Gasteiger partial charge in [0, 0.05) is 6.42 Å². The van der Waals surface area contributed by atoms with Crippen LogP contribution in [-0.4, -0.2) is 37.1 Å². The molecule has 1 aromatic carbocycles. The van der Waals surface area contributed by atoms with Crippen molar-refractivity contribution in [1.29, 1.82) is 0 Å². The minimum absolute atomic E-state index is 0.0583. The van der Waals surface area contributed by atoms with Crippen LogP contribution in [0.1, 0.15) is 25.3 Å². The largest absolute Gasteiger partial charge is 0.459 e. The van der Waals surface area contributed by atoms with Crippen molar-refractivity contribution < 1.29 is 19.0 Å². The molecule has 1 aliphatic carbocycles. The fourth-order valence-electron chi connectivity index (χ4n) is 4.32. The lowest BCUT2D eigenvalue weighted by molar-refractivity contribution is -0.329. The minimum Gasteiger partial charge on any atom is -0.459 e. The number of benzene rings is 1. The zero-order valence-corrected chi connectivity index (χ0v) is 12.4. The molecule has 0 spiro atoms. The first-order valence-corrected chi connectivity index (χ1v) is 7.68. The van der Waals surface area contributed by atoms with Crippen LogP contribution in [0.15, 0.2) is 30.3 Å². The third kappa shape index (κ3) is 1.62. The Labute approximate surface area is 125 Å². The molecule has 3 aliphatic rings. The van der Waals surface area contributed by atoms with E-state index >= 15 is 0 Å². The van der Waals surface area contributed by atoms with E-state index in [1.54, 1.807) is 0 Å². The van der Waals surface area contributed by atoms with E-state index in [2.05, 4.69) is 6.92 Å². The fraction of sp³-hybridized carbons (Fsp3) is 0.562. The Morgan fingerprint density at radius 2 is 2.14 bits per heavy atom. The third-order valence-electron chi connectivity index (χ3n) is 5.35. The number of hydrogen-bond acceptors (Lipinski definition) is 4. The van der Waals surface area contributed by atoms with Gasteiger partial charge in [-0.25, -0.2) is 4.79 Å². The summed E-state index contributed by atoms with van der Waals surface area (Å²) < 4.78 is 17.4. The Hall–Kier alpha value is -1.33. The number of carbonyl (C=O) groups excluding carboxylic acids is 1. The summed E-state index contributed by atoms with van der Waals surface area (Å²) in [6.07, 6.45) is 1.62. The predicted molar refractivity (Wildman–Crippen MR) is 78.4 cm³/mol. The maximum absolute atomic E-state index is 12.5. The summed E-state index contributed by atoms with van der Waals surface area (Å²) in [4.78, 5) is 12.5. The van der Waals surface area contributed by atoms with Gasteiger partial charge in [0.05, 0.1) is 23.6 Å². The van der Waals surface area contributed by atoms with Crippen LogP contribution in [0.25, 0.3) is 0 Å². The fourth-order valence-corrected chi connectivity index (χ4v) is 4.32. The molecule has 4 nitrogen and oxygen atoms in total. The molecule has 1 aromatic rings. The van der Waals surface area contributed by atoms with Crippen LogP contribution in [-0.2, 0) is 25.6 Å². The van der Waals surface area contributed by atoms with Crippen molar-refractivity contribution >= 4 is 13.8 Å². The van der Waals surface area contributed by atoms with Crippen LogP contribution < -0.4 is 0 Å². The molecule has 2 aliphatic heterocycles. The molecule has 0 radical (unpaired) electrons. The summed E-state index contributed by atoms with van der Waals surface area (Å²) in [5, 5.41) is 0. The van der Waals surface area contributed by atoms with Crippen LogP contribution in [0.2, 0.25) is 0 Å². The van der Waals surface area contributed by atoms with Gasteiger partial charge in [-0.1, -0.05) is 37.3 Å². The highest BCUT2D eigenvalue weighted by molar-refractivity contribution is 6.12. The standard InChI is InChI=1S/C16H19BO4/c1-2-15-9-16(12(15)11(20-16)13(17)21-15)14(18)19-8-10-6-4-3-5-7-10/h3-7,11-13H,2,8-9,17H2,1H3/t11-,12?,13+,15-,16?/m0/s1. The van der Waals surface area contributed by atoms with E-state index in [4.69, 9.17) is 14.2 Å². The van der Waals surface area contributed by atoms with E-state index in [-0.39, 0.29) is 29.6 Å². The van der Waals surface area contributed by atoms with Gasteiger partial charge in [0.2, 0.25) is 0 Å². The Bertz CT molecular complexity index is 577. The maximum atomic E-state index is 12.5. The smallest absolute Gasteiger partial charge is 0.339 e. The summed E-state index contributed by atoms with van der Waals surface area (Å²) >= 11 is 0. The third-order valence-corrected chi connectivity index (χ3v) is 5.35. The van der Waals surface area contributed by atoms with Gasteiger partial charge in [-0.05, 0) is 12.0 Å². The van der Waals surface area contributed by atoms with Crippen molar-refractivity contribution in [2.45, 2.75) is 49.7 Å². The Kier molecular flexibility index (Phi) is 2.76. The Morgan fingerprint density at radius 1 is 1.38 bits per heavy atom. The van der Waals surface area contributed by atoms with Gasteiger partial charge in [-0.3, -0.25) is 0 Å². The summed E-state index contributed by atoms with van der Waals surface area (Å²) in [6.45, 7) is 2.42. The molecular formula is C16H19BO4. The van der Waals surface area contributed by atoms with E-state index in [0.717, 1.165) is 12.0 Å². The molecule has 110 valence electrons. The van der Waals surface area contributed by atoms with Crippen LogP contribution in [0.4, 0.5) is 0 Å². The molecule has 2 saturated heterocycles. The van der Waals surface area contributed by atoms with Crippen molar-refractivity contribution in [1.82, 2.24) is 0 Å². The zero-order valence-electron chi connectivity index (χ0n) is 12.4. The highest BCUT2D eigenvalue weighted by Crippen LogP contribution is 2.68. The topological polar surface area (TPSA) is 44.8 Å². The summed E-state index contributed by atoms with van der Waals surface area (Å²) in [5.74, 6) is -0.0531. The number of esters is 1. The van der Waals surface area contributed by atoms with E-state index in [1.165, 1.54) is 0 Å². The van der Waals surface area contributed by atoms with Crippen LogP contribution in [0.3, 0.4) is 0 Å². The zero-order chi connectivity index (χ0) is 14.7. The van der Waals surface area contributed by atoms with Gasteiger partial charge >= 0.3 is 5.97 Å². The molecule has 21 heavy (non-hydrogen) atoms. The molecule has 3 fully saturated rings. The SMILES string of the molecule is B[C@@H]1O[C@@]2(CC)CC3(C(=O)OCc4ccccc4)O[C@H]1C32. The van der Waals surface area contributed by atoms with Crippen LogP contribution in [0.5, 0.6) is 0 Å². The Morgan fingerprint density at radius 3 is 2.86 bits per heavy atom. The van der Waals surface area contributed by atoms with Crippen LogP contribution >= 0.6 is 0 Å². The van der Waals surface area contributed by atoms with Gasteiger partial charge < -0.3 is 14.2 Å². The highest BCUT2D eigenvalue weighted by atomic mass is 16.6. The molecular weight excluding hydrogens is 267 g/mol. The van der Waals surface area contributed by atoms with Gasteiger partial charge in [0.1, 0.15) is 14.5 Å². The molecule has 4 rings (SSSR count). The number of hydrogen-bond donors (Lipinski definition) is 0. The molecule has 5 heteroatoms. The van der Waals surface area contributed by atoms with Crippen molar-refractivity contribution in [2.75, 3.05) is 0 Å². The lowest BCUT2D eigenvalue weighted by Crippen LogP contribution is -2.79. The predicted octanol–water partition coefficient (Wildman–Crippen LogP) is 1.03. The van der Waals surface area contributed by atoms with Crippen molar-refractivity contribution in [3.63, 3.8) is 0 Å². The first-order chi connectivity index (χ1) is 10.1. The van der Waals surface area contributed by atoms with Crippen molar-refractivity contribution in [2.24, 2.45) is 5.92 Å². The normalized spacial score (nSPS) is 42.6. The number of ether oxygens (including phenoxy) is 3. The second kappa shape index (κ2) is 4.34. The van der Waals surface area contributed by atoms with E-state index in [9.17, 15) is 4.79 Å². The molecule has 0 amide bonds. The van der Waals surface area contributed by atoms with Crippen molar-refractivity contribution in [3.8, 4) is 0 Å². The summed E-state index contributed by atoms with van der Waals surface area (Å²) in [6, 6.07) is 9.81. The molecule has 0 N–H and O–H groups in total. The average molecular weight is 286 g/mol. The molecule has 0 aromatic heterocycles. The monoisotopic (exact) mass is 286 g/mol. The van der Waals surface area contributed by atoms with E-state index < -0.39 is 5.60 Å². The lowest BCUT2D eigenvalue weighted by Gasteiger charge is -2.64. The minimum atomic E-state index is -0.736. The number of carbonyl (C=O) groups is 1. The molecule has 2 heterocycles. The molecule has 1 saturated carbocycles. The van der Waals surface area contributed by atoms with Gasteiger partial charge in [0.25, 0.3) is 0 Å². The van der Waals surface area contributed by atoms with E-state index in [1.807, 2.05) is 38.2 Å². The molecule has 2 unspecified atom stereocenters. The Balaban J connectivity index is 1.45. The summed E-state index contributed by atoms with van der Waals surface area (Å²) in [7, 11) is 2.03. The highest BCUT2D eigenvalue weighted by Gasteiger charge is 2.83. The van der Waals surface area contributed by atoms with Gasteiger partial charge in [-0.15, -0.1) is 0 Å². The second-order valence-corrected chi connectivity index (χ2v) is 6.43. The molecule has 5 atom stereocenters. The number of rotatable bonds is 4. The van der Waals surface area contributed by atoms with Gasteiger partial charge in [-0.2, -0.15) is 0 Å². The lowest BCUT2D eigenvalue weighted by atomic mass is 9.51. The first-order valence-electron chi connectivity index (χ1n) is 7.68. The van der Waals surface area contributed by atoms with Gasteiger partial charge in [0.15, 0.2) is 5.60 Å².